The minimum atomic E-state index is -0.216. The quantitative estimate of drug-likeness (QED) is 0.617. The van der Waals surface area contributed by atoms with E-state index in [-0.39, 0.29) is 23.0 Å². The molecule has 1 aromatic rings. The molecule has 0 saturated carbocycles. The molecule has 0 heterocycles. The second kappa shape index (κ2) is 7.11. The molecule has 1 rings (SSSR count). The molecule has 0 aromatic heterocycles. The molecule has 100 valence electrons. The van der Waals surface area contributed by atoms with Crippen molar-refractivity contribution in [1.29, 1.82) is 0 Å². The molecule has 0 aliphatic carbocycles. The number of halogens is 1. The van der Waals surface area contributed by atoms with Crippen molar-refractivity contribution in [2.24, 2.45) is 0 Å². The van der Waals surface area contributed by atoms with Crippen molar-refractivity contribution in [3.8, 4) is 11.5 Å². The van der Waals surface area contributed by atoms with Crippen molar-refractivity contribution in [3.05, 3.63) is 23.8 Å². The van der Waals surface area contributed by atoms with Gasteiger partial charge < -0.3 is 15.1 Å². The summed E-state index contributed by atoms with van der Waals surface area (Å²) < 4.78 is 0. The van der Waals surface area contributed by atoms with Gasteiger partial charge >= 0.3 is 0 Å². The minimum absolute atomic E-state index is 0.117. The van der Waals surface area contributed by atoms with Gasteiger partial charge in [-0.1, -0.05) is 6.42 Å². The number of alkyl halides is 1. The van der Waals surface area contributed by atoms with Crippen LogP contribution >= 0.6 is 11.6 Å². The highest BCUT2D eigenvalue weighted by Crippen LogP contribution is 2.21. The summed E-state index contributed by atoms with van der Waals surface area (Å²) in [5, 5.41) is 18.7. The number of phenols is 2. The summed E-state index contributed by atoms with van der Waals surface area (Å²) in [7, 11) is 1.70. The molecule has 0 aliphatic rings. The van der Waals surface area contributed by atoms with Gasteiger partial charge in [-0.05, 0) is 25.0 Å². The molecule has 0 atom stereocenters. The smallest absolute Gasteiger partial charge is 0.253 e. The van der Waals surface area contributed by atoms with Crippen molar-refractivity contribution in [2.45, 2.75) is 19.3 Å². The first kappa shape index (κ1) is 14.6. The van der Waals surface area contributed by atoms with Crippen LogP contribution in [0.2, 0.25) is 0 Å². The first-order valence-corrected chi connectivity index (χ1v) is 6.42. The van der Waals surface area contributed by atoms with E-state index in [9.17, 15) is 15.0 Å². The highest BCUT2D eigenvalue weighted by Gasteiger charge is 2.13. The van der Waals surface area contributed by atoms with E-state index in [0.717, 1.165) is 19.3 Å². The van der Waals surface area contributed by atoms with Gasteiger partial charge in [0.05, 0.1) is 0 Å². The normalized spacial score (nSPS) is 10.3. The molecule has 0 bridgehead atoms. The number of carbonyl (C=O) groups is 1. The SMILES string of the molecule is CN(CCCCCCl)C(=O)c1cc(O)cc(O)c1. The largest absolute Gasteiger partial charge is 0.508 e. The Morgan fingerprint density at radius 1 is 1.17 bits per heavy atom. The summed E-state index contributed by atoms with van der Waals surface area (Å²) in [6, 6.07) is 3.88. The Morgan fingerprint density at radius 2 is 1.78 bits per heavy atom. The van der Waals surface area contributed by atoms with E-state index in [0.29, 0.717) is 12.4 Å². The average molecular weight is 272 g/mol. The maximum Gasteiger partial charge on any atom is 0.253 e. The van der Waals surface area contributed by atoms with Gasteiger partial charge in [0.2, 0.25) is 0 Å². The van der Waals surface area contributed by atoms with E-state index in [1.54, 1.807) is 11.9 Å². The zero-order valence-corrected chi connectivity index (χ0v) is 11.2. The highest BCUT2D eigenvalue weighted by molar-refractivity contribution is 6.17. The topological polar surface area (TPSA) is 60.8 Å². The van der Waals surface area contributed by atoms with E-state index < -0.39 is 0 Å². The van der Waals surface area contributed by atoms with Crippen molar-refractivity contribution >= 4 is 17.5 Å². The Labute approximate surface area is 112 Å². The van der Waals surface area contributed by atoms with Crippen LogP contribution < -0.4 is 0 Å². The molecule has 0 unspecified atom stereocenters. The third kappa shape index (κ3) is 4.45. The number of nitrogens with zero attached hydrogens (tertiary/aromatic N) is 1. The first-order chi connectivity index (χ1) is 8.54. The van der Waals surface area contributed by atoms with Crippen LogP contribution in [-0.4, -0.2) is 40.5 Å². The van der Waals surface area contributed by atoms with Gasteiger partial charge in [-0.2, -0.15) is 0 Å². The lowest BCUT2D eigenvalue weighted by Gasteiger charge is -2.17. The summed E-state index contributed by atoms with van der Waals surface area (Å²) in [5.74, 6) is 0.188. The molecule has 0 aliphatic heterocycles. The fourth-order valence-corrected chi connectivity index (χ4v) is 1.85. The number of benzene rings is 1. The lowest BCUT2D eigenvalue weighted by molar-refractivity contribution is 0.0792. The number of carbonyl (C=O) groups excluding carboxylic acids is 1. The second-order valence-electron chi connectivity index (χ2n) is 4.21. The van der Waals surface area contributed by atoms with Crippen LogP contribution in [0.1, 0.15) is 29.6 Å². The van der Waals surface area contributed by atoms with Crippen molar-refractivity contribution in [3.63, 3.8) is 0 Å². The van der Waals surface area contributed by atoms with Gasteiger partial charge in [0.1, 0.15) is 11.5 Å². The average Bonchev–Trinajstić information content (AvgIpc) is 2.32. The molecule has 4 nitrogen and oxygen atoms in total. The Morgan fingerprint density at radius 3 is 2.33 bits per heavy atom. The molecular weight excluding hydrogens is 254 g/mol. The predicted molar refractivity (Wildman–Crippen MR) is 71.3 cm³/mol. The molecule has 0 spiro atoms. The second-order valence-corrected chi connectivity index (χ2v) is 4.59. The lowest BCUT2D eigenvalue weighted by atomic mass is 10.1. The molecule has 1 aromatic carbocycles. The number of hydrogen-bond acceptors (Lipinski definition) is 3. The zero-order chi connectivity index (χ0) is 13.5. The van der Waals surface area contributed by atoms with Crippen molar-refractivity contribution in [1.82, 2.24) is 4.90 Å². The van der Waals surface area contributed by atoms with Gasteiger partial charge in [-0.25, -0.2) is 0 Å². The van der Waals surface area contributed by atoms with Crippen LogP contribution in [0.3, 0.4) is 0 Å². The molecule has 0 radical (unpaired) electrons. The number of phenolic OH excluding ortho intramolecular Hbond substituents is 2. The lowest BCUT2D eigenvalue weighted by Crippen LogP contribution is -2.27. The minimum Gasteiger partial charge on any atom is -0.508 e. The predicted octanol–water partition coefficient (Wildman–Crippen LogP) is 2.58. The first-order valence-electron chi connectivity index (χ1n) is 5.89. The van der Waals surface area contributed by atoms with Gasteiger partial charge in [-0.3, -0.25) is 4.79 Å². The number of hydrogen-bond donors (Lipinski definition) is 2. The molecule has 18 heavy (non-hydrogen) atoms. The summed E-state index contributed by atoms with van der Waals surface area (Å²) >= 11 is 5.57. The fraction of sp³-hybridized carbons (Fsp3) is 0.462. The van der Waals surface area contributed by atoms with Crippen molar-refractivity contribution < 1.29 is 15.0 Å². The van der Waals surface area contributed by atoms with Gasteiger partial charge in [0.25, 0.3) is 5.91 Å². The third-order valence-electron chi connectivity index (χ3n) is 2.62. The molecule has 0 fully saturated rings. The van der Waals surface area contributed by atoms with Gasteiger partial charge in [0.15, 0.2) is 0 Å². The van der Waals surface area contributed by atoms with Crippen LogP contribution in [-0.2, 0) is 0 Å². The van der Waals surface area contributed by atoms with Crippen molar-refractivity contribution in [2.75, 3.05) is 19.5 Å². The van der Waals surface area contributed by atoms with E-state index in [1.165, 1.54) is 18.2 Å². The maximum atomic E-state index is 12.0. The monoisotopic (exact) mass is 271 g/mol. The number of aromatic hydroxyl groups is 2. The van der Waals surface area contributed by atoms with E-state index in [1.807, 2.05) is 0 Å². The molecular formula is C13H18ClNO3. The van der Waals surface area contributed by atoms with Gasteiger partial charge in [-0.15, -0.1) is 11.6 Å². The summed E-state index contributed by atoms with van der Waals surface area (Å²) in [4.78, 5) is 13.6. The highest BCUT2D eigenvalue weighted by atomic mass is 35.5. The number of rotatable bonds is 6. The zero-order valence-electron chi connectivity index (χ0n) is 10.4. The fourth-order valence-electron chi connectivity index (χ4n) is 1.66. The van der Waals surface area contributed by atoms with E-state index >= 15 is 0 Å². The summed E-state index contributed by atoms with van der Waals surface area (Å²) in [5.41, 5.74) is 0.285. The third-order valence-corrected chi connectivity index (χ3v) is 2.89. The molecule has 5 heteroatoms. The number of amides is 1. The van der Waals surface area contributed by atoms with Crippen LogP contribution in [0.5, 0.6) is 11.5 Å². The maximum absolute atomic E-state index is 12.0. The standard InChI is InChI=1S/C13H18ClNO3/c1-15(6-4-2-3-5-14)13(18)10-7-11(16)9-12(17)8-10/h7-9,16-17H,2-6H2,1H3. The van der Waals surface area contributed by atoms with Crippen LogP contribution in [0, 0.1) is 0 Å². The van der Waals surface area contributed by atoms with E-state index in [4.69, 9.17) is 11.6 Å². The molecule has 1 amide bonds. The number of unbranched alkanes of at least 4 members (excludes halogenated alkanes) is 2. The van der Waals surface area contributed by atoms with Gasteiger partial charge in [0, 0.05) is 31.1 Å². The van der Waals surface area contributed by atoms with Crippen LogP contribution in [0.4, 0.5) is 0 Å². The summed E-state index contributed by atoms with van der Waals surface area (Å²) in [6.45, 7) is 0.631. The van der Waals surface area contributed by atoms with E-state index in [2.05, 4.69) is 0 Å². The molecule has 0 saturated heterocycles. The molecule has 2 N–H and O–H groups in total. The Hall–Kier alpha value is -1.42. The Bertz CT molecular complexity index is 389. The Balaban J connectivity index is 2.57. The summed E-state index contributed by atoms with van der Waals surface area (Å²) in [6.07, 6.45) is 2.81. The van der Waals surface area contributed by atoms with Crippen LogP contribution in [0.25, 0.3) is 0 Å². The van der Waals surface area contributed by atoms with Crippen LogP contribution in [0.15, 0.2) is 18.2 Å². The Kier molecular flexibility index (Phi) is 5.78.